The third-order valence-electron chi connectivity index (χ3n) is 3.74. The van der Waals surface area contributed by atoms with E-state index in [0.29, 0.717) is 0 Å². The van der Waals surface area contributed by atoms with Crippen LogP contribution in [-0.2, 0) is 20.9 Å². The SMILES string of the molecule is CCOC(=O)[C@H]1CN(C(=O)OCc2ccccc2)C[C@@H]1C(F)F. The summed E-state index contributed by atoms with van der Waals surface area (Å²) in [7, 11) is 0. The lowest BCUT2D eigenvalue weighted by atomic mass is 9.97. The predicted octanol–water partition coefficient (Wildman–Crippen LogP) is 2.70. The topological polar surface area (TPSA) is 55.8 Å². The van der Waals surface area contributed by atoms with Crippen LogP contribution >= 0.6 is 0 Å². The average molecular weight is 327 g/mol. The van der Waals surface area contributed by atoms with Gasteiger partial charge in [-0.05, 0) is 12.5 Å². The zero-order valence-electron chi connectivity index (χ0n) is 12.8. The van der Waals surface area contributed by atoms with Gasteiger partial charge in [0, 0.05) is 13.1 Å². The molecule has 2 rings (SSSR count). The second-order valence-corrected chi connectivity index (χ2v) is 5.30. The summed E-state index contributed by atoms with van der Waals surface area (Å²) in [5.41, 5.74) is 0.799. The summed E-state index contributed by atoms with van der Waals surface area (Å²) < 4.78 is 36.1. The maximum absolute atomic E-state index is 13.1. The van der Waals surface area contributed by atoms with Crippen LogP contribution in [0.2, 0.25) is 0 Å². The molecule has 0 radical (unpaired) electrons. The normalized spacial score (nSPS) is 20.6. The van der Waals surface area contributed by atoms with Crippen LogP contribution < -0.4 is 0 Å². The third-order valence-corrected chi connectivity index (χ3v) is 3.74. The second-order valence-electron chi connectivity index (χ2n) is 5.30. The molecule has 0 spiro atoms. The molecule has 1 aliphatic rings. The van der Waals surface area contributed by atoms with E-state index in [-0.39, 0.29) is 26.3 Å². The summed E-state index contributed by atoms with van der Waals surface area (Å²) >= 11 is 0. The zero-order chi connectivity index (χ0) is 16.8. The number of benzene rings is 1. The van der Waals surface area contributed by atoms with Gasteiger partial charge in [-0.25, -0.2) is 13.6 Å². The van der Waals surface area contributed by atoms with Gasteiger partial charge < -0.3 is 14.4 Å². The van der Waals surface area contributed by atoms with Crippen LogP contribution in [-0.4, -0.2) is 43.1 Å². The van der Waals surface area contributed by atoms with Gasteiger partial charge >= 0.3 is 12.1 Å². The zero-order valence-corrected chi connectivity index (χ0v) is 12.8. The Hall–Kier alpha value is -2.18. The molecule has 0 aliphatic carbocycles. The van der Waals surface area contributed by atoms with Crippen molar-refractivity contribution in [3.8, 4) is 0 Å². The first kappa shape index (κ1) is 17.2. The number of esters is 1. The largest absolute Gasteiger partial charge is 0.466 e. The summed E-state index contributed by atoms with van der Waals surface area (Å²) in [6.07, 6.45) is -3.40. The fourth-order valence-corrected chi connectivity index (χ4v) is 2.54. The second kappa shape index (κ2) is 7.89. The number of likely N-dealkylation sites (tertiary alicyclic amines) is 1. The number of hydrogen-bond donors (Lipinski definition) is 0. The summed E-state index contributed by atoms with van der Waals surface area (Å²) in [5.74, 6) is -2.94. The van der Waals surface area contributed by atoms with E-state index in [9.17, 15) is 18.4 Å². The molecule has 0 N–H and O–H groups in total. The fraction of sp³-hybridized carbons (Fsp3) is 0.500. The highest BCUT2D eigenvalue weighted by molar-refractivity contribution is 5.76. The predicted molar refractivity (Wildman–Crippen MR) is 77.8 cm³/mol. The van der Waals surface area contributed by atoms with Crippen molar-refractivity contribution < 1.29 is 27.8 Å². The molecular formula is C16H19F2NO4. The number of alkyl halides is 2. The number of amides is 1. The van der Waals surface area contributed by atoms with Gasteiger partial charge in [0.15, 0.2) is 0 Å². The highest BCUT2D eigenvalue weighted by atomic mass is 19.3. The Morgan fingerprint density at radius 1 is 1.22 bits per heavy atom. The molecule has 0 aromatic heterocycles. The highest BCUT2D eigenvalue weighted by Crippen LogP contribution is 2.30. The van der Waals surface area contributed by atoms with Crippen LogP contribution in [0.4, 0.5) is 13.6 Å². The van der Waals surface area contributed by atoms with Gasteiger partial charge in [0.2, 0.25) is 6.43 Å². The molecule has 126 valence electrons. The number of rotatable bonds is 5. The van der Waals surface area contributed by atoms with Crippen LogP contribution in [0.25, 0.3) is 0 Å². The quantitative estimate of drug-likeness (QED) is 0.780. The first-order valence-corrected chi connectivity index (χ1v) is 7.43. The molecule has 1 saturated heterocycles. The summed E-state index contributed by atoms with van der Waals surface area (Å²) in [4.78, 5) is 24.9. The molecule has 1 fully saturated rings. The van der Waals surface area contributed by atoms with Crippen molar-refractivity contribution >= 4 is 12.1 Å². The number of hydrogen-bond acceptors (Lipinski definition) is 4. The molecule has 0 bridgehead atoms. The first-order chi connectivity index (χ1) is 11.0. The molecule has 2 atom stereocenters. The van der Waals surface area contributed by atoms with E-state index >= 15 is 0 Å². The Balaban J connectivity index is 1.94. The third kappa shape index (κ3) is 4.40. The molecule has 0 saturated carbocycles. The van der Waals surface area contributed by atoms with Crippen molar-refractivity contribution in [1.29, 1.82) is 0 Å². The van der Waals surface area contributed by atoms with Crippen molar-refractivity contribution in [2.24, 2.45) is 11.8 Å². The fourth-order valence-electron chi connectivity index (χ4n) is 2.54. The first-order valence-electron chi connectivity index (χ1n) is 7.43. The van der Waals surface area contributed by atoms with Crippen LogP contribution in [0, 0.1) is 11.8 Å². The number of carbonyl (C=O) groups is 2. The maximum Gasteiger partial charge on any atom is 0.410 e. The van der Waals surface area contributed by atoms with Crippen molar-refractivity contribution in [2.75, 3.05) is 19.7 Å². The number of carbonyl (C=O) groups excluding carboxylic acids is 2. The molecule has 1 aromatic rings. The molecule has 7 heteroatoms. The summed E-state index contributed by atoms with van der Waals surface area (Å²) in [6.45, 7) is 1.45. The molecule has 1 aromatic carbocycles. The van der Waals surface area contributed by atoms with Crippen molar-refractivity contribution in [2.45, 2.75) is 20.0 Å². The molecular weight excluding hydrogens is 308 g/mol. The van der Waals surface area contributed by atoms with Gasteiger partial charge in [0.1, 0.15) is 6.61 Å². The molecule has 0 unspecified atom stereocenters. The Morgan fingerprint density at radius 2 is 1.91 bits per heavy atom. The molecule has 1 heterocycles. The van der Waals surface area contributed by atoms with Gasteiger partial charge in [0.05, 0.1) is 18.4 Å². The van der Waals surface area contributed by atoms with E-state index in [0.717, 1.165) is 10.5 Å². The summed E-state index contributed by atoms with van der Waals surface area (Å²) in [5, 5.41) is 0. The highest BCUT2D eigenvalue weighted by Gasteiger charge is 2.45. The minimum absolute atomic E-state index is 0.0552. The van der Waals surface area contributed by atoms with Gasteiger partial charge in [0.25, 0.3) is 0 Å². The minimum atomic E-state index is -2.70. The Morgan fingerprint density at radius 3 is 2.52 bits per heavy atom. The molecule has 23 heavy (non-hydrogen) atoms. The van der Waals surface area contributed by atoms with Crippen LogP contribution in [0.5, 0.6) is 0 Å². The molecule has 1 aliphatic heterocycles. The Bertz CT molecular complexity index is 538. The van der Waals surface area contributed by atoms with E-state index in [1.165, 1.54) is 0 Å². The van der Waals surface area contributed by atoms with Crippen molar-refractivity contribution in [3.05, 3.63) is 35.9 Å². The minimum Gasteiger partial charge on any atom is -0.466 e. The van der Waals surface area contributed by atoms with E-state index in [2.05, 4.69) is 0 Å². The van der Waals surface area contributed by atoms with Gasteiger partial charge in [-0.15, -0.1) is 0 Å². The smallest absolute Gasteiger partial charge is 0.410 e. The molecule has 1 amide bonds. The summed E-state index contributed by atoms with van der Waals surface area (Å²) in [6, 6.07) is 9.04. The van der Waals surface area contributed by atoms with E-state index < -0.39 is 30.3 Å². The maximum atomic E-state index is 13.1. The molecule has 5 nitrogen and oxygen atoms in total. The van der Waals surface area contributed by atoms with Crippen molar-refractivity contribution in [3.63, 3.8) is 0 Å². The monoisotopic (exact) mass is 327 g/mol. The van der Waals surface area contributed by atoms with E-state index in [1.54, 1.807) is 19.1 Å². The van der Waals surface area contributed by atoms with E-state index in [4.69, 9.17) is 9.47 Å². The Labute approximate surface area is 133 Å². The lowest BCUT2D eigenvalue weighted by molar-refractivity contribution is -0.150. The van der Waals surface area contributed by atoms with Crippen molar-refractivity contribution in [1.82, 2.24) is 4.90 Å². The van der Waals surface area contributed by atoms with Crippen LogP contribution in [0.3, 0.4) is 0 Å². The number of ether oxygens (including phenoxy) is 2. The van der Waals surface area contributed by atoms with Crippen LogP contribution in [0.1, 0.15) is 12.5 Å². The van der Waals surface area contributed by atoms with Gasteiger partial charge in [-0.1, -0.05) is 30.3 Å². The lowest BCUT2D eigenvalue weighted by Gasteiger charge is -2.16. The average Bonchev–Trinajstić information content (AvgIpc) is 2.99. The Kier molecular flexibility index (Phi) is 5.90. The number of halogens is 2. The lowest BCUT2D eigenvalue weighted by Crippen LogP contribution is -2.30. The van der Waals surface area contributed by atoms with Crippen LogP contribution in [0.15, 0.2) is 30.3 Å². The van der Waals surface area contributed by atoms with Gasteiger partial charge in [-0.2, -0.15) is 0 Å². The number of nitrogens with zero attached hydrogens (tertiary/aromatic N) is 1. The standard InChI is InChI=1S/C16H19F2NO4/c1-2-22-15(20)13-9-19(8-12(13)14(17)18)16(21)23-10-11-6-4-3-5-7-11/h3-7,12-14H,2,8-10H2,1H3/t12-,13-/m0/s1. The van der Waals surface area contributed by atoms with E-state index in [1.807, 2.05) is 18.2 Å². The van der Waals surface area contributed by atoms with Gasteiger partial charge in [-0.3, -0.25) is 4.79 Å².